The first-order chi connectivity index (χ1) is 10.4. The zero-order chi connectivity index (χ0) is 16.2. The highest BCUT2D eigenvalue weighted by molar-refractivity contribution is 7.89. The van der Waals surface area contributed by atoms with E-state index < -0.39 is 10.0 Å². The predicted molar refractivity (Wildman–Crippen MR) is 93.4 cm³/mol. The van der Waals surface area contributed by atoms with Gasteiger partial charge in [-0.25, -0.2) is 13.1 Å². The molecule has 0 unspecified atom stereocenters. The molecule has 3 N–H and O–H groups in total. The van der Waals surface area contributed by atoms with Gasteiger partial charge in [-0.05, 0) is 63.4 Å². The summed E-state index contributed by atoms with van der Waals surface area (Å²) in [5, 5.41) is 5.85. The minimum Gasteiger partial charge on any atom is -0.325 e. The molecule has 8 heteroatoms. The van der Waals surface area contributed by atoms with Crippen LogP contribution in [0, 0.1) is 5.92 Å². The van der Waals surface area contributed by atoms with Gasteiger partial charge < -0.3 is 10.6 Å². The standard InChI is InChI=1S/C15H23N3O3S.ClH/c1-11(2)18-22(20,21)14-7-5-13(6-8-14)17-15(19)10-16-9-12-3-4-12;/h5-8,11-12,16,18H,3-4,9-10H2,1-2H3,(H,17,19);1H. The molecule has 1 aliphatic rings. The number of carbonyl (C=O) groups is 1. The second-order valence-corrected chi connectivity index (χ2v) is 7.64. The van der Waals surface area contributed by atoms with Crippen LogP contribution in [0.3, 0.4) is 0 Å². The van der Waals surface area contributed by atoms with Crippen molar-refractivity contribution in [2.24, 2.45) is 5.92 Å². The van der Waals surface area contributed by atoms with E-state index in [-0.39, 0.29) is 35.8 Å². The number of hydrogen-bond donors (Lipinski definition) is 3. The zero-order valence-corrected chi connectivity index (χ0v) is 15.0. The number of anilines is 1. The topological polar surface area (TPSA) is 87.3 Å². The fourth-order valence-corrected chi connectivity index (χ4v) is 3.26. The van der Waals surface area contributed by atoms with Crippen LogP contribution < -0.4 is 15.4 Å². The lowest BCUT2D eigenvalue weighted by atomic mass is 10.3. The Labute approximate surface area is 143 Å². The summed E-state index contributed by atoms with van der Waals surface area (Å²) in [7, 11) is -3.50. The molecule has 1 amide bonds. The zero-order valence-electron chi connectivity index (χ0n) is 13.3. The lowest BCUT2D eigenvalue weighted by Gasteiger charge is -2.10. The molecule has 0 atom stereocenters. The molecule has 0 aromatic heterocycles. The lowest BCUT2D eigenvalue weighted by molar-refractivity contribution is -0.115. The van der Waals surface area contributed by atoms with Crippen molar-refractivity contribution in [3.8, 4) is 0 Å². The third-order valence-corrected chi connectivity index (χ3v) is 4.93. The summed E-state index contributed by atoms with van der Waals surface area (Å²) in [4.78, 5) is 11.9. The van der Waals surface area contributed by atoms with E-state index in [1.54, 1.807) is 26.0 Å². The van der Waals surface area contributed by atoms with E-state index in [1.165, 1.54) is 25.0 Å². The molecule has 0 saturated heterocycles. The highest BCUT2D eigenvalue weighted by atomic mass is 35.5. The van der Waals surface area contributed by atoms with Gasteiger partial charge in [-0.2, -0.15) is 0 Å². The van der Waals surface area contributed by atoms with E-state index in [0.29, 0.717) is 5.69 Å². The van der Waals surface area contributed by atoms with Gasteiger partial charge in [0.25, 0.3) is 0 Å². The number of halogens is 1. The van der Waals surface area contributed by atoms with Gasteiger partial charge in [0.2, 0.25) is 15.9 Å². The Morgan fingerprint density at radius 1 is 1.22 bits per heavy atom. The van der Waals surface area contributed by atoms with E-state index in [4.69, 9.17) is 0 Å². The molecule has 1 saturated carbocycles. The Bertz CT molecular complexity index is 613. The molecule has 2 rings (SSSR count). The Kier molecular flexibility index (Phi) is 7.47. The Morgan fingerprint density at radius 3 is 2.35 bits per heavy atom. The first-order valence-electron chi connectivity index (χ1n) is 7.50. The van der Waals surface area contributed by atoms with Gasteiger partial charge in [0.1, 0.15) is 0 Å². The molecule has 130 valence electrons. The molecule has 1 aromatic carbocycles. The summed E-state index contributed by atoms with van der Waals surface area (Å²) in [5.74, 6) is 0.599. The summed E-state index contributed by atoms with van der Waals surface area (Å²) in [6.07, 6.45) is 2.49. The highest BCUT2D eigenvalue weighted by Crippen LogP contribution is 2.27. The second kappa shape index (κ2) is 8.63. The number of nitrogens with one attached hydrogen (secondary N) is 3. The van der Waals surface area contributed by atoms with Crippen LogP contribution in [0.4, 0.5) is 5.69 Å². The van der Waals surface area contributed by atoms with E-state index in [1.807, 2.05) is 0 Å². The van der Waals surface area contributed by atoms with Crippen LogP contribution in [0.2, 0.25) is 0 Å². The third-order valence-electron chi connectivity index (χ3n) is 3.25. The van der Waals surface area contributed by atoms with Crippen LogP contribution >= 0.6 is 12.4 Å². The molecule has 6 nitrogen and oxygen atoms in total. The van der Waals surface area contributed by atoms with E-state index >= 15 is 0 Å². The van der Waals surface area contributed by atoms with Crippen molar-refractivity contribution in [1.29, 1.82) is 0 Å². The fourth-order valence-electron chi connectivity index (χ4n) is 2.01. The van der Waals surface area contributed by atoms with Crippen LogP contribution in [-0.4, -0.2) is 33.5 Å². The predicted octanol–water partition coefficient (Wildman–Crippen LogP) is 1.73. The Hall–Kier alpha value is -1.15. The number of amides is 1. The normalized spacial score (nSPS) is 14.4. The number of rotatable bonds is 8. The van der Waals surface area contributed by atoms with E-state index in [2.05, 4.69) is 15.4 Å². The molecular formula is C15H24ClN3O3S. The van der Waals surface area contributed by atoms with Gasteiger partial charge in [-0.3, -0.25) is 4.79 Å². The van der Waals surface area contributed by atoms with Crippen molar-refractivity contribution < 1.29 is 13.2 Å². The quantitative estimate of drug-likeness (QED) is 0.658. The van der Waals surface area contributed by atoms with Crippen molar-refractivity contribution in [2.75, 3.05) is 18.4 Å². The molecule has 23 heavy (non-hydrogen) atoms. The number of sulfonamides is 1. The molecule has 1 aromatic rings. The summed E-state index contributed by atoms with van der Waals surface area (Å²) < 4.78 is 26.5. The largest absolute Gasteiger partial charge is 0.325 e. The monoisotopic (exact) mass is 361 g/mol. The average molecular weight is 362 g/mol. The Morgan fingerprint density at radius 2 is 1.83 bits per heavy atom. The maximum absolute atomic E-state index is 12.0. The molecule has 0 radical (unpaired) electrons. The molecule has 1 aliphatic carbocycles. The van der Waals surface area contributed by atoms with Crippen molar-refractivity contribution in [3.63, 3.8) is 0 Å². The van der Waals surface area contributed by atoms with Crippen molar-refractivity contribution in [1.82, 2.24) is 10.0 Å². The van der Waals surface area contributed by atoms with Crippen molar-refractivity contribution >= 4 is 34.0 Å². The van der Waals surface area contributed by atoms with Crippen LogP contribution in [0.5, 0.6) is 0 Å². The van der Waals surface area contributed by atoms with Gasteiger partial charge in [-0.1, -0.05) is 0 Å². The summed E-state index contributed by atoms with van der Waals surface area (Å²) in [5.41, 5.74) is 0.585. The van der Waals surface area contributed by atoms with E-state index in [9.17, 15) is 13.2 Å². The van der Waals surface area contributed by atoms with Crippen molar-refractivity contribution in [3.05, 3.63) is 24.3 Å². The summed E-state index contributed by atoms with van der Waals surface area (Å²) in [6, 6.07) is 5.99. The first-order valence-corrected chi connectivity index (χ1v) is 8.98. The van der Waals surface area contributed by atoms with Crippen LogP contribution in [-0.2, 0) is 14.8 Å². The van der Waals surface area contributed by atoms with E-state index in [0.717, 1.165) is 12.5 Å². The second-order valence-electron chi connectivity index (χ2n) is 5.92. The minimum absolute atomic E-state index is 0. The van der Waals surface area contributed by atoms with Gasteiger partial charge in [0.05, 0.1) is 11.4 Å². The molecular weight excluding hydrogens is 338 g/mol. The number of carbonyl (C=O) groups excluding carboxylic acids is 1. The molecule has 0 aliphatic heterocycles. The molecule has 0 bridgehead atoms. The number of benzene rings is 1. The molecule has 1 fully saturated rings. The van der Waals surface area contributed by atoms with Gasteiger partial charge >= 0.3 is 0 Å². The van der Waals surface area contributed by atoms with Crippen LogP contribution in [0.15, 0.2) is 29.2 Å². The molecule has 0 spiro atoms. The number of hydrogen-bond acceptors (Lipinski definition) is 4. The first kappa shape index (κ1) is 19.9. The average Bonchev–Trinajstić information content (AvgIpc) is 3.22. The summed E-state index contributed by atoms with van der Waals surface area (Å²) in [6.45, 7) is 4.68. The van der Waals surface area contributed by atoms with Gasteiger partial charge in [0, 0.05) is 11.7 Å². The third kappa shape index (κ3) is 6.87. The maximum atomic E-state index is 12.0. The van der Waals surface area contributed by atoms with Gasteiger partial charge in [0.15, 0.2) is 0 Å². The lowest BCUT2D eigenvalue weighted by Crippen LogP contribution is -2.30. The highest BCUT2D eigenvalue weighted by Gasteiger charge is 2.20. The van der Waals surface area contributed by atoms with Crippen LogP contribution in [0.1, 0.15) is 26.7 Å². The minimum atomic E-state index is -3.50. The van der Waals surface area contributed by atoms with Crippen LogP contribution in [0.25, 0.3) is 0 Å². The summed E-state index contributed by atoms with van der Waals surface area (Å²) >= 11 is 0. The fraction of sp³-hybridized carbons (Fsp3) is 0.533. The van der Waals surface area contributed by atoms with Crippen molar-refractivity contribution in [2.45, 2.75) is 37.6 Å². The molecule has 0 heterocycles. The SMILES string of the molecule is CC(C)NS(=O)(=O)c1ccc(NC(=O)CNCC2CC2)cc1.Cl. The van der Waals surface area contributed by atoms with Gasteiger partial charge in [-0.15, -0.1) is 12.4 Å². The Balaban J connectivity index is 0.00000264. The smallest absolute Gasteiger partial charge is 0.240 e. The maximum Gasteiger partial charge on any atom is 0.240 e.